The van der Waals surface area contributed by atoms with Crippen molar-refractivity contribution in [3.63, 3.8) is 0 Å². The highest BCUT2D eigenvalue weighted by Crippen LogP contribution is 2.26. The Labute approximate surface area is 164 Å². The normalized spacial score (nSPS) is 11.0. The van der Waals surface area contributed by atoms with Crippen LogP contribution in [0.5, 0.6) is 5.75 Å². The van der Waals surface area contributed by atoms with Crippen LogP contribution >= 0.6 is 0 Å². The third kappa shape index (κ3) is 5.71. The fourth-order valence-electron chi connectivity index (χ4n) is 2.37. The zero-order valence-electron chi connectivity index (χ0n) is 15.9. The molecule has 2 rings (SSSR count). The third-order valence-corrected chi connectivity index (χ3v) is 4.98. The third-order valence-electron chi connectivity index (χ3n) is 3.62. The lowest BCUT2D eigenvalue weighted by molar-refractivity contribution is -0.120. The van der Waals surface area contributed by atoms with Crippen molar-refractivity contribution < 1.29 is 22.7 Å². The van der Waals surface area contributed by atoms with E-state index < -0.39 is 15.9 Å². The van der Waals surface area contributed by atoms with Crippen LogP contribution in [-0.4, -0.2) is 39.9 Å². The monoisotopic (exact) mass is 405 g/mol. The van der Waals surface area contributed by atoms with Crippen LogP contribution in [0.1, 0.15) is 24.2 Å². The minimum Gasteiger partial charge on any atom is -0.495 e. The lowest BCUT2D eigenvalue weighted by atomic mass is 10.2. The van der Waals surface area contributed by atoms with Gasteiger partial charge in [0.25, 0.3) is 15.9 Å². The van der Waals surface area contributed by atoms with Gasteiger partial charge in [-0.1, -0.05) is 18.2 Å². The van der Waals surface area contributed by atoms with Crippen molar-refractivity contribution in [1.82, 2.24) is 10.6 Å². The van der Waals surface area contributed by atoms with Gasteiger partial charge in [-0.05, 0) is 44.2 Å². The minimum atomic E-state index is -3.94. The van der Waals surface area contributed by atoms with Crippen LogP contribution in [0.3, 0.4) is 0 Å². The number of rotatable bonds is 8. The van der Waals surface area contributed by atoms with Crippen molar-refractivity contribution in [3.05, 3.63) is 54.1 Å². The van der Waals surface area contributed by atoms with Gasteiger partial charge in [0.2, 0.25) is 5.91 Å². The number of para-hydroxylation sites is 2. The van der Waals surface area contributed by atoms with Gasteiger partial charge in [-0.2, -0.15) is 0 Å². The summed E-state index contributed by atoms with van der Waals surface area (Å²) >= 11 is 0. The summed E-state index contributed by atoms with van der Waals surface area (Å²) in [5, 5.41) is 5.12. The fourth-order valence-corrected chi connectivity index (χ4v) is 3.49. The number of carbonyl (C=O) groups is 2. The average Bonchev–Trinajstić information content (AvgIpc) is 2.66. The Bertz CT molecular complexity index is 958. The van der Waals surface area contributed by atoms with E-state index in [4.69, 9.17) is 4.74 Å². The molecule has 0 spiro atoms. The quantitative estimate of drug-likeness (QED) is 0.619. The van der Waals surface area contributed by atoms with Gasteiger partial charge in [-0.15, -0.1) is 0 Å². The Morgan fingerprint density at radius 1 is 1.07 bits per heavy atom. The van der Waals surface area contributed by atoms with E-state index in [1.165, 1.54) is 31.4 Å². The molecular weight excluding hydrogens is 382 g/mol. The van der Waals surface area contributed by atoms with Gasteiger partial charge in [-0.25, -0.2) is 8.42 Å². The molecule has 0 aliphatic rings. The van der Waals surface area contributed by atoms with E-state index in [0.29, 0.717) is 5.75 Å². The molecule has 8 nitrogen and oxygen atoms in total. The minimum absolute atomic E-state index is 0.0427. The van der Waals surface area contributed by atoms with Crippen molar-refractivity contribution in [3.8, 4) is 5.75 Å². The summed E-state index contributed by atoms with van der Waals surface area (Å²) in [5.74, 6) is -0.505. The smallest absolute Gasteiger partial charge is 0.262 e. The number of sulfonamides is 1. The molecule has 28 heavy (non-hydrogen) atoms. The van der Waals surface area contributed by atoms with Gasteiger partial charge in [0.1, 0.15) is 5.75 Å². The van der Waals surface area contributed by atoms with Crippen molar-refractivity contribution in [2.24, 2.45) is 0 Å². The molecule has 2 amide bonds. The second kappa shape index (κ2) is 9.23. The first-order chi connectivity index (χ1) is 13.2. The molecule has 9 heteroatoms. The Kier molecular flexibility index (Phi) is 7.00. The van der Waals surface area contributed by atoms with Crippen LogP contribution in [0.2, 0.25) is 0 Å². The topological polar surface area (TPSA) is 114 Å². The summed E-state index contributed by atoms with van der Waals surface area (Å²) in [7, 11) is -2.50. The van der Waals surface area contributed by atoms with E-state index in [2.05, 4.69) is 15.4 Å². The highest BCUT2D eigenvalue weighted by atomic mass is 32.2. The van der Waals surface area contributed by atoms with E-state index in [1.807, 2.05) is 13.8 Å². The SMILES string of the molecule is COc1ccccc1NS(=O)(=O)c1cccc(C(=O)NCC(=O)NC(C)C)c1. The van der Waals surface area contributed by atoms with Crippen LogP contribution in [0.25, 0.3) is 0 Å². The van der Waals surface area contributed by atoms with Crippen LogP contribution in [-0.2, 0) is 14.8 Å². The van der Waals surface area contributed by atoms with Crippen LogP contribution in [0.15, 0.2) is 53.4 Å². The van der Waals surface area contributed by atoms with Crippen LogP contribution in [0.4, 0.5) is 5.69 Å². The van der Waals surface area contributed by atoms with Gasteiger partial charge in [0.05, 0.1) is 24.2 Å². The summed E-state index contributed by atoms with van der Waals surface area (Å²) in [6.45, 7) is 3.42. The zero-order valence-corrected chi connectivity index (χ0v) is 16.7. The standard InChI is InChI=1S/C19H23N3O5S/c1-13(2)21-18(23)12-20-19(24)14-7-6-8-15(11-14)28(25,26)22-16-9-4-5-10-17(16)27-3/h4-11,13,22H,12H2,1-3H3,(H,20,24)(H,21,23). The molecule has 0 aliphatic heterocycles. The molecule has 150 valence electrons. The summed E-state index contributed by atoms with van der Waals surface area (Å²) in [5.41, 5.74) is 0.408. The second-order valence-electron chi connectivity index (χ2n) is 6.24. The number of hydrogen-bond donors (Lipinski definition) is 3. The van der Waals surface area contributed by atoms with Gasteiger partial charge >= 0.3 is 0 Å². The average molecular weight is 405 g/mol. The molecule has 2 aromatic carbocycles. The number of anilines is 1. The summed E-state index contributed by atoms with van der Waals surface area (Å²) in [6.07, 6.45) is 0. The van der Waals surface area contributed by atoms with Gasteiger partial charge in [0.15, 0.2) is 0 Å². The number of ether oxygens (including phenoxy) is 1. The van der Waals surface area contributed by atoms with Gasteiger partial charge in [-0.3, -0.25) is 14.3 Å². The molecular formula is C19H23N3O5S. The molecule has 3 N–H and O–H groups in total. The molecule has 0 radical (unpaired) electrons. The van der Waals surface area contributed by atoms with E-state index in [1.54, 1.807) is 24.3 Å². The molecule has 0 saturated heterocycles. The molecule has 0 bridgehead atoms. The van der Waals surface area contributed by atoms with Crippen molar-refractivity contribution in [2.45, 2.75) is 24.8 Å². The number of amides is 2. The molecule has 0 aliphatic carbocycles. The van der Waals surface area contributed by atoms with E-state index in [0.717, 1.165) is 0 Å². The number of nitrogens with one attached hydrogen (secondary N) is 3. The van der Waals surface area contributed by atoms with E-state index in [9.17, 15) is 18.0 Å². The maximum absolute atomic E-state index is 12.7. The Morgan fingerprint density at radius 2 is 1.79 bits per heavy atom. The Hall–Kier alpha value is -3.07. The predicted octanol–water partition coefficient (Wildman–Crippen LogP) is 1.75. The summed E-state index contributed by atoms with van der Waals surface area (Å²) in [6, 6.07) is 12.1. The van der Waals surface area contributed by atoms with Gasteiger partial charge < -0.3 is 15.4 Å². The largest absolute Gasteiger partial charge is 0.495 e. The predicted molar refractivity (Wildman–Crippen MR) is 106 cm³/mol. The number of hydrogen-bond acceptors (Lipinski definition) is 5. The summed E-state index contributed by atoms with van der Waals surface area (Å²) < 4.78 is 32.9. The first kappa shape index (κ1) is 21.2. The van der Waals surface area contributed by atoms with Crippen molar-refractivity contribution in [1.29, 1.82) is 0 Å². The molecule has 0 unspecified atom stereocenters. The molecule has 0 aromatic heterocycles. The highest BCUT2D eigenvalue weighted by Gasteiger charge is 2.18. The lowest BCUT2D eigenvalue weighted by Gasteiger charge is -2.12. The van der Waals surface area contributed by atoms with Crippen molar-refractivity contribution in [2.75, 3.05) is 18.4 Å². The van der Waals surface area contributed by atoms with E-state index >= 15 is 0 Å². The van der Waals surface area contributed by atoms with E-state index in [-0.39, 0.29) is 34.6 Å². The Balaban J connectivity index is 2.15. The second-order valence-corrected chi connectivity index (χ2v) is 7.92. The number of carbonyl (C=O) groups excluding carboxylic acids is 2. The Morgan fingerprint density at radius 3 is 2.46 bits per heavy atom. The maximum atomic E-state index is 12.7. The molecule has 0 atom stereocenters. The number of methoxy groups -OCH3 is 1. The van der Waals surface area contributed by atoms with Crippen LogP contribution < -0.4 is 20.1 Å². The first-order valence-electron chi connectivity index (χ1n) is 8.56. The number of benzene rings is 2. The molecule has 2 aromatic rings. The summed E-state index contributed by atoms with van der Waals surface area (Å²) in [4.78, 5) is 23.8. The highest BCUT2D eigenvalue weighted by molar-refractivity contribution is 7.92. The molecule has 0 fully saturated rings. The molecule has 0 heterocycles. The zero-order chi connectivity index (χ0) is 20.7. The van der Waals surface area contributed by atoms with Crippen LogP contribution in [0, 0.1) is 0 Å². The van der Waals surface area contributed by atoms with Crippen molar-refractivity contribution >= 4 is 27.5 Å². The van der Waals surface area contributed by atoms with Gasteiger partial charge in [0, 0.05) is 11.6 Å². The lowest BCUT2D eigenvalue weighted by Crippen LogP contribution is -2.39. The first-order valence-corrected chi connectivity index (χ1v) is 10.0. The maximum Gasteiger partial charge on any atom is 0.262 e. The molecule has 0 saturated carbocycles. The fraction of sp³-hybridized carbons (Fsp3) is 0.263.